The topological polar surface area (TPSA) is 146 Å². The molecule has 2 aliphatic carbocycles. The van der Waals surface area contributed by atoms with Crippen molar-refractivity contribution in [3.05, 3.63) is 77.9 Å². The van der Waals surface area contributed by atoms with Crippen molar-refractivity contribution >= 4 is 18.1 Å². The van der Waals surface area contributed by atoms with E-state index in [1.807, 2.05) is 52.0 Å². The van der Waals surface area contributed by atoms with Gasteiger partial charge in [-0.3, -0.25) is 9.69 Å². The van der Waals surface area contributed by atoms with E-state index in [4.69, 9.17) is 33.7 Å². The molecule has 0 radical (unpaired) electrons. The highest BCUT2D eigenvalue weighted by molar-refractivity contribution is 6.03. The number of oxime groups is 1. The lowest BCUT2D eigenvalue weighted by atomic mass is 9.55. The molecule has 2 aromatic rings. The second-order valence-electron chi connectivity index (χ2n) is 17.8. The maximum absolute atomic E-state index is 14.5. The van der Waals surface area contributed by atoms with E-state index in [9.17, 15) is 19.8 Å². The average molecular weight is 831 g/mol. The van der Waals surface area contributed by atoms with Crippen LogP contribution in [0, 0.1) is 23.2 Å². The Balaban J connectivity index is 1.57. The van der Waals surface area contributed by atoms with Gasteiger partial charge in [-0.25, -0.2) is 4.79 Å². The predicted molar refractivity (Wildman–Crippen MR) is 229 cm³/mol. The number of ether oxygens (including phenoxy) is 5. The molecule has 0 aromatic heterocycles. The predicted octanol–water partition coefficient (Wildman–Crippen LogP) is 9.35. The Morgan fingerprint density at radius 2 is 1.83 bits per heavy atom. The summed E-state index contributed by atoms with van der Waals surface area (Å²) in [7, 11) is 0. The van der Waals surface area contributed by atoms with Gasteiger partial charge in [-0.2, -0.15) is 0 Å². The van der Waals surface area contributed by atoms with Crippen molar-refractivity contribution in [1.29, 1.82) is 0 Å². The molecule has 12 nitrogen and oxygen atoms in total. The third-order valence-corrected chi connectivity index (χ3v) is 12.0. The van der Waals surface area contributed by atoms with Gasteiger partial charge in [-0.05, 0) is 98.1 Å². The highest BCUT2D eigenvalue weighted by Crippen LogP contribution is 2.62. The fourth-order valence-electron chi connectivity index (χ4n) is 9.39. The van der Waals surface area contributed by atoms with Gasteiger partial charge in [0.15, 0.2) is 0 Å². The quantitative estimate of drug-likeness (QED) is 0.0573. The van der Waals surface area contributed by atoms with Crippen molar-refractivity contribution in [3.8, 4) is 17.2 Å². The van der Waals surface area contributed by atoms with E-state index in [1.165, 1.54) is 0 Å². The molecule has 60 heavy (non-hydrogen) atoms. The summed E-state index contributed by atoms with van der Waals surface area (Å²) in [6.45, 7) is 13.7. The van der Waals surface area contributed by atoms with E-state index in [0.29, 0.717) is 60.9 Å². The minimum Gasteiger partial charge on any atom is -0.459 e. The van der Waals surface area contributed by atoms with E-state index >= 15 is 0 Å². The molecule has 2 aliphatic heterocycles. The Labute approximate surface area is 355 Å². The van der Waals surface area contributed by atoms with E-state index in [2.05, 4.69) is 12.7 Å². The molecule has 328 valence electrons. The van der Waals surface area contributed by atoms with E-state index in [-0.39, 0.29) is 56.0 Å². The van der Waals surface area contributed by atoms with Gasteiger partial charge in [-0.1, -0.05) is 70.0 Å². The Kier molecular flexibility index (Phi) is 15.9. The van der Waals surface area contributed by atoms with E-state index < -0.39 is 30.1 Å². The van der Waals surface area contributed by atoms with Crippen LogP contribution < -0.4 is 9.47 Å². The largest absolute Gasteiger partial charge is 0.459 e. The van der Waals surface area contributed by atoms with Gasteiger partial charge >= 0.3 is 6.09 Å². The number of rotatable bonds is 20. The lowest BCUT2D eigenvalue weighted by molar-refractivity contribution is -0.255. The van der Waals surface area contributed by atoms with E-state index in [0.717, 1.165) is 62.4 Å². The molecule has 2 heterocycles. The number of unbranched alkanes of at least 4 members (excludes halogenated alkanes) is 2. The number of nitrogens with zero attached hydrogens (tertiary/aromatic N) is 2. The summed E-state index contributed by atoms with van der Waals surface area (Å²) in [6.07, 6.45) is 12.1. The van der Waals surface area contributed by atoms with Crippen molar-refractivity contribution in [2.75, 3.05) is 39.6 Å². The molecule has 2 aromatic carbocycles. The number of carbonyl (C=O) groups excluding carboxylic acids is 2. The molecule has 2 fully saturated rings. The third kappa shape index (κ3) is 10.6. The van der Waals surface area contributed by atoms with Gasteiger partial charge in [-0.15, -0.1) is 6.58 Å². The monoisotopic (exact) mass is 830 g/mol. The number of hydrogen-bond acceptors (Lipinski definition) is 11. The maximum atomic E-state index is 14.5. The molecule has 1 unspecified atom stereocenters. The number of aldehydes is 1. The van der Waals surface area contributed by atoms with Crippen LogP contribution in [0.25, 0.3) is 0 Å². The number of fused-ring (bicyclic) bond motifs is 2. The number of amides is 1. The molecular weight excluding hydrogens is 765 g/mol. The number of benzene rings is 2. The second-order valence-corrected chi connectivity index (χ2v) is 17.8. The molecule has 1 saturated carbocycles. The van der Waals surface area contributed by atoms with Crippen molar-refractivity contribution in [3.63, 3.8) is 0 Å². The zero-order valence-corrected chi connectivity index (χ0v) is 36.0. The van der Waals surface area contributed by atoms with Gasteiger partial charge in [0.1, 0.15) is 29.6 Å². The van der Waals surface area contributed by atoms with Crippen molar-refractivity contribution in [2.45, 2.75) is 122 Å². The fraction of sp³-hybridized carbons (Fsp3) is 0.604. The van der Waals surface area contributed by atoms with Crippen molar-refractivity contribution in [2.24, 2.45) is 28.3 Å². The lowest BCUT2D eigenvalue weighted by Gasteiger charge is -2.60. The summed E-state index contributed by atoms with van der Waals surface area (Å²) in [5, 5.41) is 24.8. The van der Waals surface area contributed by atoms with Gasteiger partial charge in [0.2, 0.25) is 12.1 Å². The smallest absolute Gasteiger partial charge is 0.410 e. The number of allylic oxidation sites excluding steroid dienone is 1. The minimum absolute atomic E-state index is 0.0436. The van der Waals surface area contributed by atoms with Crippen molar-refractivity contribution < 1.29 is 48.3 Å². The Bertz CT molecular complexity index is 1820. The molecular formula is C48H66N2O10. The first kappa shape index (κ1) is 45.3. The van der Waals surface area contributed by atoms with Crippen LogP contribution in [0.4, 0.5) is 4.79 Å². The zero-order valence-electron chi connectivity index (χ0n) is 36.0. The van der Waals surface area contributed by atoms with Gasteiger partial charge in [0.25, 0.3) is 0 Å². The van der Waals surface area contributed by atoms with Crippen LogP contribution in [-0.2, 0) is 19.0 Å². The first-order valence-corrected chi connectivity index (χ1v) is 22.1. The molecule has 6 rings (SSSR count). The van der Waals surface area contributed by atoms with Crippen LogP contribution in [0.5, 0.6) is 17.2 Å². The number of aliphatic hydroxyl groups is 2. The van der Waals surface area contributed by atoms with Gasteiger partial charge in [0, 0.05) is 49.6 Å². The summed E-state index contributed by atoms with van der Waals surface area (Å²) in [5.74, 6) is -0.262. The van der Waals surface area contributed by atoms with Gasteiger partial charge < -0.3 is 38.7 Å². The van der Waals surface area contributed by atoms with Crippen LogP contribution >= 0.6 is 0 Å². The van der Waals surface area contributed by atoms with Crippen molar-refractivity contribution in [1.82, 2.24) is 4.90 Å². The fourth-order valence-corrected chi connectivity index (χ4v) is 9.39. The Hall–Kier alpha value is -4.23. The van der Waals surface area contributed by atoms with Crippen LogP contribution in [-0.4, -0.2) is 90.9 Å². The molecule has 2 N–H and O–H groups in total. The molecule has 7 atom stereocenters. The Morgan fingerprint density at radius 1 is 1.05 bits per heavy atom. The third-order valence-electron chi connectivity index (χ3n) is 12.0. The average Bonchev–Trinajstić information content (AvgIpc) is 3.25. The molecule has 0 bridgehead atoms. The molecule has 1 amide bonds. The molecule has 12 heteroatoms. The first-order valence-electron chi connectivity index (χ1n) is 22.1. The SMILES string of the molecule is C=CCO[C@@]12Oc3ccc(Oc4cccc(C=O)c4)cc3[C@H]3[C@H](CCCCO)[C@@H](CCCCO)C=C(C(=NOC4CCCCO4)C[C@@H]1N(CCC)C(=O)OCC(C)(C)C)[C@H]32. The summed E-state index contributed by atoms with van der Waals surface area (Å²) < 4.78 is 32.9. The highest BCUT2D eigenvalue weighted by Gasteiger charge is 2.65. The summed E-state index contributed by atoms with van der Waals surface area (Å²) in [5.41, 5.74) is 2.83. The van der Waals surface area contributed by atoms with Crippen LogP contribution in [0.15, 0.2) is 71.9 Å². The van der Waals surface area contributed by atoms with Crippen LogP contribution in [0.3, 0.4) is 0 Å². The minimum atomic E-state index is -1.40. The highest BCUT2D eigenvalue weighted by atomic mass is 16.8. The normalized spacial score (nSPS) is 26.5. The van der Waals surface area contributed by atoms with E-state index in [1.54, 1.807) is 29.2 Å². The molecule has 0 spiro atoms. The maximum Gasteiger partial charge on any atom is 0.410 e. The molecule has 1 saturated heterocycles. The van der Waals surface area contributed by atoms with Crippen LogP contribution in [0.1, 0.15) is 120 Å². The van der Waals surface area contributed by atoms with Crippen LogP contribution in [0.2, 0.25) is 0 Å². The Morgan fingerprint density at radius 3 is 2.53 bits per heavy atom. The standard InChI is InChI=1S/C48H66N2O10/c1-6-22-50(46(54)56-32-47(3,4)5)42-30-40(49-60-43-19-10-13-26-55-43)38-28-34(16-8-11-23-51)37(18-9-12-24-52)44-39-29-36(58-35-17-14-15-33(27-35)31-53)20-21-41(39)59-48(42,45(38)44)57-25-7-2/h7,14-15,17,20-21,27-29,31,34,37,42-45,51-52H,2,6,8-13,16,18-19,22-26,30,32H2,1,3-5H3/t34-,37+,42-,43?,44+,45+,48+/m0/s1. The summed E-state index contributed by atoms with van der Waals surface area (Å²) >= 11 is 0. The zero-order chi connectivity index (χ0) is 42.7. The molecule has 4 aliphatic rings. The van der Waals surface area contributed by atoms with Gasteiger partial charge in [0.05, 0.1) is 31.5 Å². The summed E-state index contributed by atoms with van der Waals surface area (Å²) in [6, 6.07) is 12.2. The number of hydrogen-bond donors (Lipinski definition) is 2. The lowest BCUT2D eigenvalue weighted by Crippen LogP contribution is -2.70. The first-order chi connectivity index (χ1) is 29.0. The number of aliphatic hydroxyl groups excluding tert-OH is 2. The second kappa shape index (κ2) is 21.0. The number of carbonyl (C=O) groups is 2. The summed E-state index contributed by atoms with van der Waals surface area (Å²) in [4.78, 5) is 34.1.